The molecule has 0 bridgehead atoms. The molecule has 0 aliphatic carbocycles. The number of benzene rings is 1. The van der Waals surface area contributed by atoms with E-state index in [0.29, 0.717) is 5.92 Å². The third-order valence-electron chi connectivity index (χ3n) is 4.23. The van der Waals surface area contributed by atoms with E-state index in [1.54, 1.807) is 0 Å². The Kier molecular flexibility index (Phi) is 6.15. The van der Waals surface area contributed by atoms with E-state index >= 15 is 0 Å². The lowest BCUT2D eigenvalue weighted by Gasteiger charge is -2.33. The molecule has 6 heteroatoms. The van der Waals surface area contributed by atoms with Gasteiger partial charge in [-0.2, -0.15) is 0 Å². The Morgan fingerprint density at radius 2 is 2.00 bits per heavy atom. The molecule has 1 saturated heterocycles. The number of carbonyl (C=O) groups is 2. The number of urea groups is 1. The van der Waals surface area contributed by atoms with Crippen molar-refractivity contribution < 1.29 is 9.59 Å². The molecule has 1 aromatic rings. The predicted molar refractivity (Wildman–Crippen MR) is 97.8 cm³/mol. The summed E-state index contributed by atoms with van der Waals surface area (Å²) in [6, 6.07) is 9.06. The second-order valence-corrected chi connectivity index (χ2v) is 8.46. The number of hydrogen-bond donors (Lipinski definition) is 2. The molecule has 0 spiro atoms. The lowest BCUT2D eigenvalue weighted by atomic mass is 9.86. The number of primary amides is 1. The zero-order valence-corrected chi connectivity index (χ0v) is 15.4. The van der Waals surface area contributed by atoms with Gasteiger partial charge >= 0.3 is 6.03 Å². The summed E-state index contributed by atoms with van der Waals surface area (Å²) in [4.78, 5) is 27.2. The molecule has 1 aliphatic heterocycles. The smallest absolute Gasteiger partial charge is 0.312 e. The summed E-state index contributed by atoms with van der Waals surface area (Å²) in [5, 5.41) is 2.61. The third-order valence-corrected chi connectivity index (χ3v) is 5.47. The molecule has 0 radical (unpaired) electrons. The van der Waals surface area contributed by atoms with Gasteiger partial charge in [-0.1, -0.05) is 39.0 Å². The highest BCUT2D eigenvalue weighted by molar-refractivity contribution is 7.99. The Hall–Kier alpha value is -1.69. The molecule has 1 heterocycles. The molecular weight excluding hydrogens is 322 g/mol. The summed E-state index contributed by atoms with van der Waals surface area (Å²) in [7, 11) is 0. The number of thioether (sulfide) groups is 1. The van der Waals surface area contributed by atoms with Crippen LogP contribution >= 0.6 is 11.8 Å². The van der Waals surface area contributed by atoms with Crippen LogP contribution in [0.2, 0.25) is 0 Å². The number of nitrogens with zero attached hydrogens (tertiary/aromatic N) is 1. The summed E-state index contributed by atoms with van der Waals surface area (Å²) in [5.41, 5.74) is 4.87. The molecule has 0 unspecified atom stereocenters. The minimum atomic E-state index is -0.654. The van der Waals surface area contributed by atoms with E-state index in [0.717, 1.165) is 25.3 Å². The van der Waals surface area contributed by atoms with Crippen molar-refractivity contribution in [2.75, 3.05) is 18.8 Å². The van der Waals surface area contributed by atoms with Gasteiger partial charge in [0.05, 0.1) is 0 Å². The highest BCUT2D eigenvalue weighted by Crippen LogP contribution is 2.28. The number of nitrogens with one attached hydrogen (secondary N) is 1. The quantitative estimate of drug-likeness (QED) is 0.803. The van der Waals surface area contributed by atoms with Gasteiger partial charge in [-0.3, -0.25) is 4.79 Å². The van der Waals surface area contributed by atoms with Crippen LogP contribution in [0.15, 0.2) is 35.2 Å². The van der Waals surface area contributed by atoms with Crippen LogP contribution in [0.3, 0.4) is 0 Å². The van der Waals surface area contributed by atoms with E-state index in [9.17, 15) is 9.59 Å². The lowest BCUT2D eigenvalue weighted by molar-refractivity contribution is -0.134. The number of nitrogens with two attached hydrogens (primary N) is 1. The molecule has 5 nitrogen and oxygen atoms in total. The van der Waals surface area contributed by atoms with Crippen molar-refractivity contribution in [3.8, 4) is 0 Å². The number of carbonyl (C=O) groups excluding carboxylic acids is 2. The maximum Gasteiger partial charge on any atom is 0.312 e. The zero-order valence-electron chi connectivity index (χ0n) is 14.6. The third kappa shape index (κ3) is 5.16. The topological polar surface area (TPSA) is 75.4 Å². The van der Waals surface area contributed by atoms with Crippen molar-refractivity contribution >= 4 is 23.7 Å². The van der Waals surface area contributed by atoms with Crippen LogP contribution in [-0.2, 0) is 4.79 Å². The number of rotatable bonds is 5. The van der Waals surface area contributed by atoms with Crippen LogP contribution in [0.4, 0.5) is 4.79 Å². The molecule has 24 heavy (non-hydrogen) atoms. The van der Waals surface area contributed by atoms with E-state index in [-0.39, 0.29) is 11.3 Å². The monoisotopic (exact) mass is 349 g/mol. The number of amides is 3. The average molecular weight is 350 g/mol. The molecule has 132 valence electrons. The summed E-state index contributed by atoms with van der Waals surface area (Å²) in [6.07, 6.45) is 0.999. The Bertz CT molecular complexity index is 571. The van der Waals surface area contributed by atoms with E-state index in [2.05, 4.69) is 17.4 Å². The van der Waals surface area contributed by atoms with E-state index in [1.165, 1.54) is 4.90 Å². The first kappa shape index (κ1) is 18.6. The van der Waals surface area contributed by atoms with Gasteiger partial charge in [0.2, 0.25) is 5.91 Å². The van der Waals surface area contributed by atoms with Gasteiger partial charge in [-0.05, 0) is 29.9 Å². The average Bonchev–Trinajstić information content (AvgIpc) is 2.99. The summed E-state index contributed by atoms with van der Waals surface area (Å²) >= 11 is 1.83. The predicted octanol–water partition coefficient (Wildman–Crippen LogP) is 2.71. The van der Waals surface area contributed by atoms with Crippen LogP contribution in [-0.4, -0.2) is 41.7 Å². The van der Waals surface area contributed by atoms with Crippen LogP contribution in [0.5, 0.6) is 0 Å². The van der Waals surface area contributed by atoms with E-state index in [4.69, 9.17) is 5.73 Å². The lowest BCUT2D eigenvalue weighted by Crippen LogP contribution is -2.55. The minimum absolute atomic E-state index is 0.0338. The minimum Gasteiger partial charge on any atom is -0.352 e. The van der Waals surface area contributed by atoms with E-state index < -0.39 is 12.1 Å². The van der Waals surface area contributed by atoms with Crippen molar-refractivity contribution in [2.24, 2.45) is 17.1 Å². The first-order chi connectivity index (χ1) is 11.3. The van der Waals surface area contributed by atoms with Gasteiger partial charge in [0.1, 0.15) is 6.04 Å². The maximum atomic E-state index is 12.8. The largest absolute Gasteiger partial charge is 0.352 e. The first-order valence-corrected chi connectivity index (χ1v) is 9.28. The number of likely N-dealkylation sites (tertiary alicyclic amines) is 1. The van der Waals surface area contributed by atoms with Crippen molar-refractivity contribution in [2.45, 2.75) is 38.1 Å². The standard InChI is InChI=1S/C18H27N3O2S/c1-18(2,3)15(20-17(19)23)16(22)21-10-9-13(11-21)12-24-14-7-5-4-6-8-14/h4-8,13,15H,9-12H2,1-3H3,(H3,19,20,23)/t13-,15-/m1/s1. The molecule has 2 rings (SSSR count). The Labute approximate surface area is 148 Å². The molecule has 3 amide bonds. The van der Waals surface area contributed by atoms with Gasteiger partial charge < -0.3 is 16.0 Å². The van der Waals surface area contributed by atoms with Crippen LogP contribution in [0.1, 0.15) is 27.2 Å². The summed E-state index contributed by atoms with van der Waals surface area (Å²) in [6.45, 7) is 7.29. The fraction of sp³-hybridized carbons (Fsp3) is 0.556. The molecule has 3 N–H and O–H groups in total. The fourth-order valence-electron chi connectivity index (χ4n) is 2.87. The molecule has 2 atom stereocenters. The Morgan fingerprint density at radius 3 is 2.58 bits per heavy atom. The fourth-order valence-corrected chi connectivity index (χ4v) is 3.92. The Morgan fingerprint density at radius 1 is 1.33 bits per heavy atom. The van der Waals surface area contributed by atoms with Gasteiger partial charge in [-0.15, -0.1) is 11.8 Å². The van der Waals surface area contributed by atoms with Gasteiger partial charge in [0, 0.05) is 23.7 Å². The van der Waals surface area contributed by atoms with Gasteiger partial charge in [0.25, 0.3) is 0 Å². The van der Waals surface area contributed by atoms with Crippen LogP contribution in [0.25, 0.3) is 0 Å². The van der Waals surface area contributed by atoms with Crippen molar-refractivity contribution in [3.63, 3.8) is 0 Å². The summed E-state index contributed by atoms with van der Waals surface area (Å²) in [5.74, 6) is 1.44. The van der Waals surface area contributed by atoms with Crippen molar-refractivity contribution in [1.29, 1.82) is 0 Å². The molecule has 1 aromatic carbocycles. The first-order valence-electron chi connectivity index (χ1n) is 8.30. The molecule has 0 aromatic heterocycles. The molecule has 0 saturated carbocycles. The number of hydrogen-bond acceptors (Lipinski definition) is 3. The van der Waals surface area contributed by atoms with Gasteiger partial charge in [0.15, 0.2) is 0 Å². The highest BCUT2D eigenvalue weighted by Gasteiger charge is 2.37. The molecular formula is C18H27N3O2S. The van der Waals surface area contributed by atoms with Crippen LogP contribution < -0.4 is 11.1 Å². The summed E-state index contributed by atoms with van der Waals surface area (Å²) < 4.78 is 0. The van der Waals surface area contributed by atoms with Crippen LogP contribution in [0, 0.1) is 11.3 Å². The van der Waals surface area contributed by atoms with Gasteiger partial charge in [-0.25, -0.2) is 4.79 Å². The second-order valence-electron chi connectivity index (χ2n) is 7.37. The second kappa shape index (κ2) is 7.92. The van der Waals surface area contributed by atoms with E-state index in [1.807, 2.05) is 55.6 Å². The zero-order chi connectivity index (χ0) is 17.7. The molecule has 1 aliphatic rings. The Balaban J connectivity index is 1.91. The van der Waals surface area contributed by atoms with Crippen molar-refractivity contribution in [1.82, 2.24) is 10.2 Å². The maximum absolute atomic E-state index is 12.8. The highest BCUT2D eigenvalue weighted by atomic mass is 32.2. The normalized spacial score (nSPS) is 19.1. The van der Waals surface area contributed by atoms with Crippen molar-refractivity contribution in [3.05, 3.63) is 30.3 Å². The molecule has 1 fully saturated rings. The SMILES string of the molecule is CC(C)(C)[C@H](NC(N)=O)C(=O)N1CC[C@@H](CSc2ccccc2)C1.